The zero-order valence-electron chi connectivity index (χ0n) is 13.6. The molecule has 25 heavy (non-hydrogen) atoms. The van der Waals surface area contributed by atoms with Crippen molar-refractivity contribution in [1.29, 1.82) is 5.26 Å². The summed E-state index contributed by atoms with van der Waals surface area (Å²) in [6.45, 7) is 0. The number of anilines is 2. The maximum atomic E-state index is 11.6. The molecule has 0 radical (unpaired) electrons. The minimum absolute atomic E-state index is 0.165. The SMILES string of the molecule is CN(C)c1ccc(C#N)cc1Oc1nc([S+](C)[O-])nc(N)c1[N+](=O)[O-]. The van der Waals surface area contributed by atoms with E-state index >= 15 is 0 Å². The van der Waals surface area contributed by atoms with Gasteiger partial charge < -0.3 is 19.9 Å². The molecule has 130 valence electrons. The lowest BCUT2D eigenvalue weighted by Crippen LogP contribution is -2.12. The third kappa shape index (κ3) is 3.87. The molecule has 0 aliphatic heterocycles. The molecule has 2 rings (SSSR count). The molecule has 0 aliphatic carbocycles. The standard InChI is InChI=1S/C14H14N6O4S/c1-19(2)9-5-4-8(7-15)6-10(9)24-13-11(20(21)22)12(16)17-14(18-13)25(3)23/h4-6H,1-3H3,(H2,16,17,18). The third-order valence-corrected chi connectivity index (χ3v) is 3.77. The molecule has 10 nitrogen and oxygen atoms in total. The summed E-state index contributed by atoms with van der Waals surface area (Å²) in [6, 6.07) is 6.58. The second kappa shape index (κ2) is 7.20. The molecule has 0 bridgehead atoms. The number of nitriles is 1. The molecule has 0 aliphatic rings. The number of benzene rings is 1. The Morgan fingerprint density at radius 2 is 2.08 bits per heavy atom. The first-order valence-electron chi connectivity index (χ1n) is 6.79. The van der Waals surface area contributed by atoms with Crippen LogP contribution in [0.15, 0.2) is 23.4 Å². The number of hydrogen-bond acceptors (Lipinski definition) is 9. The Labute approximate surface area is 146 Å². The van der Waals surface area contributed by atoms with Crippen LogP contribution in [0.5, 0.6) is 11.6 Å². The summed E-state index contributed by atoms with van der Waals surface area (Å²) in [5.74, 6) is -0.734. The average Bonchev–Trinajstić information content (AvgIpc) is 2.53. The monoisotopic (exact) mass is 362 g/mol. The maximum absolute atomic E-state index is 11.6. The zero-order chi connectivity index (χ0) is 18.7. The molecule has 0 saturated carbocycles. The normalized spacial score (nSPS) is 11.5. The number of ether oxygens (including phenoxy) is 1. The van der Waals surface area contributed by atoms with Crippen molar-refractivity contribution in [1.82, 2.24) is 9.97 Å². The molecule has 1 unspecified atom stereocenters. The van der Waals surface area contributed by atoms with Gasteiger partial charge in [0.15, 0.2) is 5.75 Å². The van der Waals surface area contributed by atoms with Crippen LogP contribution in [0.3, 0.4) is 0 Å². The van der Waals surface area contributed by atoms with E-state index in [1.807, 2.05) is 6.07 Å². The van der Waals surface area contributed by atoms with Crippen LogP contribution in [0, 0.1) is 21.4 Å². The quantitative estimate of drug-likeness (QED) is 0.360. The first-order chi connectivity index (χ1) is 11.7. The van der Waals surface area contributed by atoms with Crippen LogP contribution in [-0.2, 0) is 11.2 Å². The van der Waals surface area contributed by atoms with Gasteiger partial charge in [0.05, 0.1) is 22.2 Å². The van der Waals surface area contributed by atoms with Gasteiger partial charge in [-0.3, -0.25) is 10.1 Å². The van der Waals surface area contributed by atoms with Gasteiger partial charge in [0.2, 0.25) is 5.82 Å². The van der Waals surface area contributed by atoms with E-state index < -0.39 is 33.5 Å². The number of rotatable bonds is 5. The van der Waals surface area contributed by atoms with E-state index in [2.05, 4.69) is 9.97 Å². The number of nitrogen functional groups attached to an aromatic ring is 1. The third-order valence-electron chi connectivity index (χ3n) is 3.08. The van der Waals surface area contributed by atoms with Crippen LogP contribution < -0.4 is 15.4 Å². The fourth-order valence-electron chi connectivity index (χ4n) is 1.94. The lowest BCUT2D eigenvalue weighted by atomic mass is 10.2. The van der Waals surface area contributed by atoms with Crippen LogP contribution in [0.25, 0.3) is 0 Å². The number of aromatic nitrogens is 2. The topological polar surface area (TPSA) is 154 Å². The fourth-order valence-corrected chi connectivity index (χ4v) is 2.38. The fraction of sp³-hybridized carbons (Fsp3) is 0.214. The van der Waals surface area contributed by atoms with Crippen molar-refractivity contribution in [2.45, 2.75) is 5.16 Å². The van der Waals surface area contributed by atoms with Gasteiger partial charge in [-0.1, -0.05) is 0 Å². The van der Waals surface area contributed by atoms with Crippen molar-refractivity contribution in [3.05, 3.63) is 33.9 Å². The molecule has 2 aromatic rings. The van der Waals surface area contributed by atoms with Crippen molar-refractivity contribution >= 4 is 28.4 Å². The minimum Gasteiger partial charge on any atom is -0.609 e. The Balaban J connectivity index is 2.63. The summed E-state index contributed by atoms with van der Waals surface area (Å²) in [5, 5.41) is 20.1. The molecule has 0 saturated heterocycles. The van der Waals surface area contributed by atoms with Gasteiger partial charge in [0.1, 0.15) is 6.26 Å². The number of nitro groups is 1. The highest BCUT2D eigenvalue weighted by Crippen LogP contribution is 2.38. The van der Waals surface area contributed by atoms with Crippen molar-refractivity contribution in [2.24, 2.45) is 0 Å². The first kappa shape index (κ1) is 18.2. The van der Waals surface area contributed by atoms with E-state index in [1.54, 1.807) is 31.1 Å². The van der Waals surface area contributed by atoms with Crippen LogP contribution in [0.4, 0.5) is 17.2 Å². The molecule has 2 N–H and O–H groups in total. The lowest BCUT2D eigenvalue weighted by Gasteiger charge is -2.17. The Morgan fingerprint density at radius 3 is 2.60 bits per heavy atom. The van der Waals surface area contributed by atoms with Crippen molar-refractivity contribution in [2.75, 3.05) is 31.0 Å². The Kier molecular flexibility index (Phi) is 5.26. The van der Waals surface area contributed by atoms with E-state index in [1.165, 1.54) is 12.3 Å². The molecule has 11 heteroatoms. The van der Waals surface area contributed by atoms with Gasteiger partial charge in [0.25, 0.3) is 0 Å². The van der Waals surface area contributed by atoms with Crippen LogP contribution in [0.1, 0.15) is 5.56 Å². The van der Waals surface area contributed by atoms with Crippen molar-refractivity contribution < 1.29 is 14.2 Å². The van der Waals surface area contributed by atoms with Crippen LogP contribution in [-0.4, -0.2) is 39.8 Å². The van der Waals surface area contributed by atoms with Gasteiger partial charge in [0, 0.05) is 31.3 Å². The Hall–Kier alpha value is -3.10. The van der Waals surface area contributed by atoms with Crippen LogP contribution in [0.2, 0.25) is 0 Å². The summed E-state index contributed by atoms with van der Waals surface area (Å²) in [5.41, 5.74) is 5.82. The van der Waals surface area contributed by atoms with Crippen molar-refractivity contribution in [3.8, 4) is 17.7 Å². The summed E-state index contributed by atoms with van der Waals surface area (Å²) in [7, 11) is 3.48. The Bertz CT molecular complexity index is 865. The largest absolute Gasteiger partial charge is 0.609 e. The molecule has 0 fully saturated rings. The van der Waals surface area contributed by atoms with E-state index in [0.29, 0.717) is 11.3 Å². The smallest absolute Gasteiger partial charge is 0.373 e. The number of nitrogens with two attached hydrogens (primary N) is 1. The molecular formula is C14H14N6O4S. The predicted molar refractivity (Wildman–Crippen MR) is 91.0 cm³/mol. The van der Waals surface area contributed by atoms with Gasteiger partial charge in [-0.25, -0.2) is 0 Å². The average molecular weight is 362 g/mol. The summed E-state index contributed by atoms with van der Waals surface area (Å²) < 4.78 is 17.2. The predicted octanol–water partition coefficient (Wildman–Crippen LogP) is 1.43. The molecule has 1 aromatic heterocycles. The van der Waals surface area contributed by atoms with E-state index in [4.69, 9.17) is 15.7 Å². The molecule has 0 amide bonds. The molecule has 1 aromatic carbocycles. The molecule has 1 atom stereocenters. The second-order valence-electron chi connectivity index (χ2n) is 5.05. The van der Waals surface area contributed by atoms with E-state index in [9.17, 15) is 14.7 Å². The highest BCUT2D eigenvalue weighted by atomic mass is 32.2. The van der Waals surface area contributed by atoms with Crippen molar-refractivity contribution in [3.63, 3.8) is 0 Å². The zero-order valence-corrected chi connectivity index (χ0v) is 14.4. The Morgan fingerprint density at radius 1 is 1.40 bits per heavy atom. The summed E-state index contributed by atoms with van der Waals surface area (Å²) in [6.07, 6.45) is 1.31. The highest BCUT2D eigenvalue weighted by molar-refractivity contribution is 7.90. The minimum atomic E-state index is -1.62. The highest BCUT2D eigenvalue weighted by Gasteiger charge is 2.28. The number of hydrogen-bond donors (Lipinski definition) is 1. The van der Waals surface area contributed by atoms with E-state index in [-0.39, 0.29) is 10.9 Å². The molecule has 1 heterocycles. The first-order valence-corrected chi connectivity index (χ1v) is 8.35. The second-order valence-corrected chi connectivity index (χ2v) is 6.32. The summed E-state index contributed by atoms with van der Waals surface area (Å²) in [4.78, 5) is 19.7. The van der Waals surface area contributed by atoms with Gasteiger partial charge in [-0.2, -0.15) is 10.2 Å². The summed E-state index contributed by atoms with van der Waals surface area (Å²) >= 11 is -1.62. The van der Waals surface area contributed by atoms with E-state index in [0.717, 1.165) is 0 Å². The molecule has 0 spiro atoms. The molecular weight excluding hydrogens is 348 g/mol. The van der Waals surface area contributed by atoms with Gasteiger partial charge in [-0.05, 0) is 12.1 Å². The van der Waals surface area contributed by atoms with Gasteiger partial charge >= 0.3 is 16.7 Å². The van der Waals surface area contributed by atoms with Crippen LogP contribution >= 0.6 is 0 Å². The lowest BCUT2D eigenvalue weighted by molar-refractivity contribution is -0.385. The number of nitrogens with zero attached hydrogens (tertiary/aromatic N) is 5. The maximum Gasteiger partial charge on any atom is 0.373 e. The van der Waals surface area contributed by atoms with Gasteiger partial charge in [-0.15, -0.1) is 4.98 Å².